The third-order valence-corrected chi connectivity index (χ3v) is 5.13. The molecule has 2 heterocycles. The highest BCUT2D eigenvalue weighted by Gasteiger charge is 2.18. The van der Waals surface area contributed by atoms with Crippen LogP contribution in [0.3, 0.4) is 0 Å². The molecule has 0 aliphatic rings. The fourth-order valence-electron chi connectivity index (χ4n) is 3.40. The van der Waals surface area contributed by atoms with Gasteiger partial charge in [0.1, 0.15) is 5.76 Å². The molecular formula is C24H22N4O5. The summed E-state index contributed by atoms with van der Waals surface area (Å²) in [6, 6.07) is 19.5. The van der Waals surface area contributed by atoms with Crippen LogP contribution in [0.5, 0.6) is 0 Å². The molecular weight excluding hydrogens is 424 g/mol. The summed E-state index contributed by atoms with van der Waals surface area (Å²) in [4.78, 5) is 29.5. The second-order valence-corrected chi connectivity index (χ2v) is 7.45. The first-order valence-corrected chi connectivity index (χ1v) is 10.5. The maximum absolute atomic E-state index is 12.9. The van der Waals surface area contributed by atoms with E-state index in [1.54, 1.807) is 29.4 Å². The van der Waals surface area contributed by atoms with Crippen LogP contribution in [0.1, 0.15) is 23.6 Å². The predicted octanol–water partition coefficient (Wildman–Crippen LogP) is 4.44. The lowest BCUT2D eigenvalue weighted by atomic mass is 10.1. The second-order valence-electron chi connectivity index (χ2n) is 7.45. The van der Waals surface area contributed by atoms with Crippen LogP contribution in [0.15, 0.2) is 81.9 Å². The maximum Gasteiger partial charge on any atom is 0.270 e. The van der Waals surface area contributed by atoms with Gasteiger partial charge in [0.05, 0.1) is 17.7 Å². The summed E-state index contributed by atoms with van der Waals surface area (Å²) >= 11 is 0. The van der Waals surface area contributed by atoms with Gasteiger partial charge in [-0.2, -0.15) is 4.98 Å². The second kappa shape index (κ2) is 10.4. The molecule has 4 rings (SSSR count). The van der Waals surface area contributed by atoms with Crippen LogP contribution in [-0.4, -0.2) is 32.4 Å². The van der Waals surface area contributed by atoms with E-state index in [1.807, 2.05) is 36.4 Å². The monoisotopic (exact) mass is 446 g/mol. The van der Waals surface area contributed by atoms with Crippen LogP contribution in [0.2, 0.25) is 0 Å². The van der Waals surface area contributed by atoms with Crippen LogP contribution >= 0.6 is 0 Å². The van der Waals surface area contributed by atoms with Gasteiger partial charge in [-0.1, -0.05) is 47.6 Å². The van der Waals surface area contributed by atoms with E-state index in [4.69, 9.17) is 8.94 Å². The molecule has 0 saturated carbocycles. The smallest absolute Gasteiger partial charge is 0.270 e. The van der Waals surface area contributed by atoms with Crippen LogP contribution in [0, 0.1) is 10.1 Å². The number of aryl methyl sites for hydroxylation is 1. The summed E-state index contributed by atoms with van der Waals surface area (Å²) in [7, 11) is 0. The topological polar surface area (TPSA) is 116 Å². The molecule has 9 heteroatoms. The molecule has 4 aromatic rings. The van der Waals surface area contributed by atoms with Gasteiger partial charge >= 0.3 is 0 Å². The van der Waals surface area contributed by atoms with Crippen molar-refractivity contribution in [3.8, 4) is 11.4 Å². The molecule has 0 atom stereocenters. The number of furan rings is 1. The molecule has 0 aliphatic heterocycles. The summed E-state index contributed by atoms with van der Waals surface area (Å²) in [5, 5.41) is 14.9. The molecule has 0 unspecified atom stereocenters. The van der Waals surface area contributed by atoms with Crippen molar-refractivity contribution in [1.82, 2.24) is 15.0 Å². The molecule has 0 radical (unpaired) electrons. The first-order valence-electron chi connectivity index (χ1n) is 10.5. The van der Waals surface area contributed by atoms with E-state index in [-0.39, 0.29) is 17.4 Å². The number of non-ortho nitro benzene ring substituents is 1. The molecule has 0 N–H and O–H groups in total. The summed E-state index contributed by atoms with van der Waals surface area (Å²) in [5.41, 5.74) is 1.54. The Hall–Kier alpha value is -4.27. The Morgan fingerprint density at radius 1 is 1.03 bits per heavy atom. The van der Waals surface area contributed by atoms with Crippen LogP contribution in [-0.2, 0) is 24.2 Å². The van der Waals surface area contributed by atoms with Crippen molar-refractivity contribution >= 4 is 11.6 Å². The van der Waals surface area contributed by atoms with Crippen molar-refractivity contribution in [1.29, 1.82) is 0 Å². The number of carbonyl (C=O) groups is 1. The van der Waals surface area contributed by atoms with E-state index in [2.05, 4.69) is 10.1 Å². The molecule has 0 saturated heterocycles. The van der Waals surface area contributed by atoms with Crippen molar-refractivity contribution in [3.63, 3.8) is 0 Å². The zero-order chi connectivity index (χ0) is 23.0. The third kappa shape index (κ3) is 5.91. The summed E-state index contributed by atoms with van der Waals surface area (Å²) in [6.07, 6.45) is 2.93. The van der Waals surface area contributed by atoms with Gasteiger partial charge in [0.25, 0.3) is 5.69 Å². The lowest BCUT2D eigenvalue weighted by Gasteiger charge is -2.21. The average molecular weight is 446 g/mol. The first-order chi connectivity index (χ1) is 16.1. The van der Waals surface area contributed by atoms with E-state index in [0.717, 1.165) is 5.56 Å². The zero-order valence-electron chi connectivity index (χ0n) is 17.8. The minimum atomic E-state index is -0.474. The van der Waals surface area contributed by atoms with Gasteiger partial charge in [0.15, 0.2) is 0 Å². The van der Waals surface area contributed by atoms with Crippen molar-refractivity contribution in [3.05, 3.63) is 100 Å². The highest BCUT2D eigenvalue weighted by atomic mass is 16.6. The van der Waals surface area contributed by atoms with Gasteiger partial charge in [0.2, 0.25) is 17.6 Å². The van der Waals surface area contributed by atoms with Crippen molar-refractivity contribution in [2.45, 2.75) is 25.8 Å². The summed E-state index contributed by atoms with van der Waals surface area (Å²) in [5.74, 6) is 1.29. The Morgan fingerprint density at radius 2 is 1.88 bits per heavy atom. The molecule has 0 spiro atoms. The van der Waals surface area contributed by atoms with Crippen LogP contribution < -0.4 is 0 Å². The number of nitro benzene ring substituents is 1. The van der Waals surface area contributed by atoms with Crippen LogP contribution in [0.4, 0.5) is 5.69 Å². The van der Waals surface area contributed by atoms with Gasteiger partial charge in [-0.25, -0.2) is 0 Å². The maximum atomic E-state index is 12.9. The number of nitrogens with zero attached hydrogens (tertiary/aromatic N) is 4. The number of amides is 1. The molecule has 9 nitrogen and oxygen atoms in total. The lowest BCUT2D eigenvalue weighted by Crippen LogP contribution is -2.32. The van der Waals surface area contributed by atoms with Gasteiger partial charge in [-0.15, -0.1) is 0 Å². The van der Waals surface area contributed by atoms with Crippen molar-refractivity contribution < 1.29 is 18.7 Å². The number of hydrogen-bond acceptors (Lipinski definition) is 7. The highest BCUT2D eigenvalue weighted by molar-refractivity contribution is 5.76. The first kappa shape index (κ1) is 21.9. The minimum absolute atomic E-state index is 0.00586. The Bertz CT molecular complexity index is 1200. The molecule has 168 valence electrons. The quantitative estimate of drug-likeness (QED) is 0.261. The van der Waals surface area contributed by atoms with Crippen molar-refractivity contribution in [2.75, 3.05) is 6.54 Å². The van der Waals surface area contributed by atoms with E-state index in [0.29, 0.717) is 49.6 Å². The number of hydrogen-bond donors (Lipinski definition) is 0. The molecule has 0 aliphatic carbocycles. The number of nitro groups is 1. The molecule has 0 bridgehead atoms. The van der Waals surface area contributed by atoms with Gasteiger partial charge in [-0.05, 0) is 24.1 Å². The Morgan fingerprint density at radius 3 is 2.64 bits per heavy atom. The number of aromatic nitrogens is 2. The number of rotatable bonds is 10. The lowest BCUT2D eigenvalue weighted by molar-refractivity contribution is -0.384. The SMILES string of the molecule is O=C(CCc1ccccc1)N(CCc1nc(-c2cccc([N+](=O)[O-])c2)no1)Cc1ccco1. The highest BCUT2D eigenvalue weighted by Crippen LogP contribution is 2.21. The minimum Gasteiger partial charge on any atom is -0.467 e. The van der Waals surface area contributed by atoms with E-state index in [1.165, 1.54) is 12.1 Å². The third-order valence-electron chi connectivity index (χ3n) is 5.13. The Balaban J connectivity index is 1.41. The predicted molar refractivity (Wildman–Crippen MR) is 119 cm³/mol. The fraction of sp³-hybridized carbons (Fsp3) is 0.208. The Labute approximate surface area is 189 Å². The van der Waals surface area contributed by atoms with E-state index in [9.17, 15) is 14.9 Å². The van der Waals surface area contributed by atoms with E-state index >= 15 is 0 Å². The molecule has 2 aromatic heterocycles. The van der Waals surface area contributed by atoms with E-state index < -0.39 is 4.92 Å². The molecule has 1 amide bonds. The normalized spacial score (nSPS) is 10.8. The Kier molecular flexibility index (Phi) is 6.89. The van der Waals surface area contributed by atoms with Crippen LogP contribution in [0.25, 0.3) is 11.4 Å². The zero-order valence-corrected chi connectivity index (χ0v) is 17.8. The van der Waals surface area contributed by atoms with Gasteiger partial charge < -0.3 is 13.8 Å². The molecule has 2 aromatic carbocycles. The molecule has 0 fully saturated rings. The number of benzene rings is 2. The van der Waals surface area contributed by atoms with Crippen molar-refractivity contribution in [2.24, 2.45) is 0 Å². The molecule has 33 heavy (non-hydrogen) atoms. The van der Waals surface area contributed by atoms with Gasteiger partial charge in [-0.3, -0.25) is 14.9 Å². The fourth-order valence-corrected chi connectivity index (χ4v) is 3.40. The number of carbonyl (C=O) groups excluding carboxylic acids is 1. The average Bonchev–Trinajstić information content (AvgIpc) is 3.53. The van der Waals surface area contributed by atoms with Gasteiger partial charge in [0, 0.05) is 37.1 Å². The summed E-state index contributed by atoms with van der Waals surface area (Å²) in [6.45, 7) is 0.706. The standard InChI is InChI=1S/C24H22N4O5/c29-23(12-11-18-6-2-1-3-7-18)27(17-21-10-5-15-32-21)14-13-22-25-24(26-33-22)19-8-4-9-20(16-19)28(30)31/h1-10,15-16H,11-14,17H2. The summed E-state index contributed by atoms with van der Waals surface area (Å²) < 4.78 is 10.7. The largest absolute Gasteiger partial charge is 0.467 e.